The topological polar surface area (TPSA) is 55.6 Å². The number of thioether (sulfide) groups is 1. The molecule has 1 amide bonds. The zero-order valence-corrected chi connectivity index (χ0v) is 16.4. The summed E-state index contributed by atoms with van der Waals surface area (Å²) in [7, 11) is 1.39. The van der Waals surface area contributed by atoms with Gasteiger partial charge in [-0.3, -0.25) is 4.79 Å². The van der Waals surface area contributed by atoms with Crippen LogP contribution in [0.2, 0.25) is 0 Å². The summed E-state index contributed by atoms with van der Waals surface area (Å²) in [6, 6.07) is 17.5. The summed E-state index contributed by atoms with van der Waals surface area (Å²) in [6.07, 6.45) is 3.98. The first-order valence-electron chi connectivity index (χ1n) is 8.93. The van der Waals surface area contributed by atoms with Crippen molar-refractivity contribution in [3.05, 3.63) is 90.1 Å². The van der Waals surface area contributed by atoms with Gasteiger partial charge in [0.2, 0.25) is 0 Å². The Kier molecular flexibility index (Phi) is 5.48. The smallest absolute Gasteiger partial charge is 0.255 e. The number of imidazole rings is 1. The van der Waals surface area contributed by atoms with Gasteiger partial charge in [0.1, 0.15) is 5.65 Å². The van der Waals surface area contributed by atoms with Crippen molar-refractivity contribution in [2.75, 3.05) is 12.4 Å². The number of nitrogens with one attached hydrogen (secondary N) is 1. The van der Waals surface area contributed by atoms with E-state index in [4.69, 9.17) is 4.74 Å². The van der Waals surface area contributed by atoms with Crippen molar-refractivity contribution in [1.29, 1.82) is 0 Å². The number of fused-ring (bicyclic) bond motifs is 1. The molecule has 0 saturated carbocycles. The van der Waals surface area contributed by atoms with Gasteiger partial charge in [-0.1, -0.05) is 6.07 Å². The highest BCUT2D eigenvalue weighted by Crippen LogP contribution is 2.24. The molecule has 0 aliphatic rings. The Hall–Kier alpha value is -3.32. The highest BCUT2D eigenvalue weighted by molar-refractivity contribution is 7.98. The summed E-state index contributed by atoms with van der Waals surface area (Å²) in [4.78, 5) is 18.0. The van der Waals surface area contributed by atoms with Gasteiger partial charge < -0.3 is 14.5 Å². The molecule has 5 nitrogen and oxygen atoms in total. The highest BCUT2D eigenvalue weighted by atomic mass is 32.2. The van der Waals surface area contributed by atoms with Gasteiger partial charge in [0.25, 0.3) is 5.91 Å². The largest absolute Gasteiger partial charge is 0.494 e. The van der Waals surface area contributed by atoms with Crippen LogP contribution in [0.5, 0.6) is 5.75 Å². The molecule has 4 rings (SSSR count). The van der Waals surface area contributed by atoms with Crippen LogP contribution >= 0.6 is 11.8 Å². The second-order valence-corrected chi connectivity index (χ2v) is 7.36. The van der Waals surface area contributed by atoms with Crippen LogP contribution in [0.25, 0.3) is 5.65 Å². The van der Waals surface area contributed by atoms with Gasteiger partial charge in [-0.2, -0.15) is 0 Å². The number of rotatable bonds is 6. The predicted molar refractivity (Wildman–Crippen MR) is 112 cm³/mol. The van der Waals surface area contributed by atoms with Crippen molar-refractivity contribution in [3.8, 4) is 5.75 Å². The van der Waals surface area contributed by atoms with Crippen molar-refractivity contribution in [2.24, 2.45) is 0 Å². The van der Waals surface area contributed by atoms with Gasteiger partial charge in [-0.05, 0) is 48.5 Å². The minimum absolute atomic E-state index is 0.134. The normalized spacial score (nSPS) is 10.8. The van der Waals surface area contributed by atoms with Gasteiger partial charge in [0.15, 0.2) is 11.6 Å². The van der Waals surface area contributed by atoms with Crippen LogP contribution in [0.1, 0.15) is 16.1 Å². The van der Waals surface area contributed by atoms with Gasteiger partial charge >= 0.3 is 0 Å². The maximum atomic E-state index is 13.8. The van der Waals surface area contributed by atoms with E-state index >= 15 is 0 Å². The monoisotopic (exact) mass is 407 g/mol. The lowest BCUT2D eigenvalue weighted by molar-refractivity contribution is 0.102. The maximum Gasteiger partial charge on any atom is 0.255 e. The third-order valence-electron chi connectivity index (χ3n) is 4.33. The van der Waals surface area contributed by atoms with E-state index in [1.807, 2.05) is 47.1 Å². The zero-order valence-electron chi connectivity index (χ0n) is 15.6. The first kappa shape index (κ1) is 19.0. The number of ether oxygens (including phenoxy) is 1. The van der Waals surface area contributed by atoms with Gasteiger partial charge in [-0.25, -0.2) is 9.37 Å². The molecule has 0 radical (unpaired) electrons. The lowest BCUT2D eigenvalue weighted by atomic mass is 10.2. The van der Waals surface area contributed by atoms with Crippen LogP contribution in [0.4, 0.5) is 10.1 Å². The number of benzene rings is 2. The molecule has 1 N–H and O–H groups in total. The van der Waals surface area contributed by atoms with Crippen molar-refractivity contribution >= 4 is 29.0 Å². The molecule has 0 aliphatic carbocycles. The summed E-state index contributed by atoms with van der Waals surface area (Å²) in [5, 5.41) is 2.69. The third-order valence-corrected chi connectivity index (χ3v) is 5.37. The fraction of sp³-hybridized carbons (Fsp3) is 0.0909. The van der Waals surface area contributed by atoms with Crippen LogP contribution in [0, 0.1) is 5.82 Å². The Morgan fingerprint density at radius 2 is 2.00 bits per heavy atom. The molecule has 0 unspecified atom stereocenters. The molecule has 2 heterocycles. The number of halogens is 1. The highest BCUT2D eigenvalue weighted by Gasteiger charge is 2.09. The molecule has 0 fully saturated rings. The molecule has 0 saturated heterocycles. The summed E-state index contributed by atoms with van der Waals surface area (Å²) in [5.41, 5.74) is 2.78. The Bertz CT molecular complexity index is 1130. The molecular weight excluding hydrogens is 389 g/mol. The number of hydrogen-bond donors (Lipinski definition) is 1. The van der Waals surface area contributed by atoms with Gasteiger partial charge in [-0.15, -0.1) is 11.8 Å². The van der Waals surface area contributed by atoms with Crippen molar-refractivity contribution in [2.45, 2.75) is 10.6 Å². The van der Waals surface area contributed by atoms with Crippen LogP contribution in [0.3, 0.4) is 0 Å². The van der Waals surface area contributed by atoms with E-state index in [0.29, 0.717) is 11.3 Å². The van der Waals surface area contributed by atoms with Crippen LogP contribution in [-0.4, -0.2) is 22.4 Å². The van der Waals surface area contributed by atoms with Crippen LogP contribution < -0.4 is 10.1 Å². The molecule has 146 valence electrons. The average molecular weight is 407 g/mol. The molecule has 0 bridgehead atoms. The number of pyridine rings is 1. The lowest BCUT2D eigenvalue weighted by Gasteiger charge is -2.08. The Balaban J connectivity index is 1.38. The number of amides is 1. The number of aromatic nitrogens is 2. The first-order valence-corrected chi connectivity index (χ1v) is 9.91. The predicted octanol–water partition coefficient (Wildman–Crippen LogP) is 5.03. The molecule has 29 heavy (non-hydrogen) atoms. The number of carbonyl (C=O) groups excluding carboxylic acids is 1. The molecule has 0 spiro atoms. The summed E-state index contributed by atoms with van der Waals surface area (Å²) >= 11 is 1.65. The summed E-state index contributed by atoms with van der Waals surface area (Å²) in [5.74, 6) is 0.0451. The van der Waals surface area contributed by atoms with Crippen LogP contribution in [0.15, 0.2) is 78.0 Å². The molecule has 7 heteroatoms. The van der Waals surface area contributed by atoms with Crippen LogP contribution in [-0.2, 0) is 5.75 Å². The second kappa shape index (κ2) is 8.36. The van der Waals surface area contributed by atoms with E-state index in [0.717, 1.165) is 22.0 Å². The first-order chi connectivity index (χ1) is 14.1. The summed E-state index contributed by atoms with van der Waals surface area (Å²) < 4.78 is 20.6. The van der Waals surface area contributed by atoms with E-state index < -0.39 is 5.82 Å². The van der Waals surface area contributed by atoms with Crippen molar-refractivity contribution in [3.63, 3.8) is 0 Å². The lowest BCUT2D eigenvalue weighted by Crippen LogP contribution is -2.11. The molecule has 0 aliphatic heterocycles. The standard InChI is InChI=1S/C22H18FN3O2S/c1-28-20-10-7-16(12-19(20)23)25-22(27)15-5-8-18(9-6-15)29-14-17-13-26-11-3-2-4-21(26)24-17/h2-13H,14H2,1H3,(H,25,27). The fourth-order valence-electron chi connectivity index (χ4n) is 2.86. The number of carbonyl (C=O) groups is 1. The molecule has 2 aromatic carbocycles. The quantitative estimate of drug-likeness (QED) is 0.456. The Morgan fingerprint density at radius 3 is 2.72 bits per heavy atom. The van der Waals surface area contributed by atoms with E-state index in [-0.39, 0.29) is 11.7 Å². The van der Waals surface area contributed by atoms with Crippen molar-refractivity contribution in [1.82, 2.24) is 9.38 Å². The van der Waals surface area contributed by atoms with Crippen molar-refractivity contribution < 1.29 is 13.9 Å². The minimum Gasteiger partial charge on any atom is -0.494 e. The Labute approximate surface area is 171 Å². The third kappa shape index (κ3) is 4.41. The molecule has 4 aromatic rings. The fourth-order valence-corrected chi connectivity index (χ4v) is 3.65. The van der Waals surface area contributed by atoms with E-state index in [1.165, 1.54) is 19.2 Å². The second-order valence-electron chi connectivity index (χ2n) is 6.31. The summed E-state index contributed by atoms with van der Waals surface area (Å²) in [6.45, 7) is 0. The molecular formula is C22H18FN3O2S. The van der Waals surface area contributed by atoms with Gasteiger partial charge in [0, 0.05) is 40.4 Å². The number of anilines is 1. The maximum absolute atomic E-state index is 13.8. The number of methoxy groups -OCH3 is 1. The zero-order chi connectivity index (χ0) is 20.2. The minimum atomic E-state index is -0.524. The molecule has 0 atom stereocenters. The Morgan fingerprint density at radius 1 is 1.17 bits per heavy atom. The van der Waals surface area contributed by atoms with E-state index in [9.17, 15) is 9.18 Å². The van der Waals surface area contributed by atoms with E-state index in [2.05, 4.69) is 10.3 Å². The SMILES string of the molecule is COc1ccc(NC(=O)c2ccc(SCc3cn4ccccc4n3)cc2)cc1F. The van der Waals surface area contributed by atoms with Gasteiger partial charge in [0.05, 0.1) is 12.8 Å². The number of nitrogens with zero attached hydrogens (tertiary/aromatic N) is 2. The average Bonchev–Trinajstić information content (AvgIpc) is 3.16. The molecule has 2 aromatic heterocycles. The number of hydrogen-bond acceptors (Lipinski definition) is 4. The van der Waals surface area contributed by atoms with E-state index in [1.54, 1.807) is 30.0 Å².